The zero-order valence-electron chi connectivity index (χ0n) is 18.5. The van der Waals surface area contributed by atoms with E-state index in [0.717, 1.165) is 29.8 Å². The topological polar surface area (TPSA) is 66.5 Å². The molecule has 168 valence electrons. The van der Waals surface area contributed by atoms with Crippen molar-refractivity contribution in [1.82, 2.24) is 0 Å². The molecule has 7 heteroatoms. The summed E-state index contributed by atoms with van der Waals surface area (Å²) in [4.78, 5) is 13.8. The molecule has 0 aliphatic rings. The number of amides is 1. The lowest BCUT2D eigenvalue weighted by Crippen LogP contribution is -2.26. The minimum Gasteiger partial charge on any atom is -0.322 e. The predicted octanol–water partition coefficient (Wildman–Crippen LogP) is 5.83. The zero-order valence-corrected chi connectivity index (χ0v) is 20.2. The van der Waals surface area contributed by atoms with Crippen molar-refractivity contribution in [3.63, 3.8) is 0 Å². The van der Waals surface area contributed by atoms with Gasteiger partial charge in [0.1, 0.15) is 0 Å². The molecule has 0 aliphatic carbocycles. The number of sulfonamides is 1. The Bertz CT molecular complexity index is 1140. The molecule has 0 unspecified atom stereocenters. The molecule has 5 nitrogen and oxygen atoms in total. The van der Waals surface area contributed by atoms with E-state index < -0.39 is 10.0 Å². The maximum atomic E-state index is 12.9. The molecule has 3 aromatic carbocycles. The molecule has 0 aromatic heterocycles. The van der Waals surface area contributed by atoms with Gasteiger partial charge >= 0.3 is 0 Å². The van der Waals surface area contributed by atoms with Crippen molar-refractivity contribution in [2.24, 2.45) is 0 Å². The van der Waals surface area contributed by atoms with Gasteiger partial charge in [-0.15, -0.1) is 11.8 Å². The number of anilines is 2. The molecule has 0 spiro atoms. The molecule has 0 fully saturated rings. The lowest BCUT2D eigenvalue weighted by molar-refractivity contribution is 0.102. The maximum absolute atomic E-state index is 12.9. The minimum atomic E-state index is -3.69. The molecule has 0 bridgehead atoms. The second kappa shape index (κ2) is 10.7. The van der Waals surface area contributed by atoms with E-state index in [4.69, 9.17) is 0 Å². The fourth-order valence-electron chi connectivity index (χ4n) is 3.21. The molecule has 1 amide bonds. The Balaban J connectivity index is 1.68. The molecule has 3 rings (SSSR count). The average molecular weight is 469 g/mol. The van der Waals surface area contributed by atoms with Gasteiger partial charge in [0.25, 0.3) is 15.9 Å². The number of rotatable bonds is 9. The van der Waals surface area contributed by atoms with E-state index in [-0.39, 0.29) is 10.8 Å². The van der Waals surface area contributed by atoms with Gasteiger partial charge in [-0.05, 0) is 85.3 Å². The van der Waals surface area contributed by atoms with Gasteiger partial charge in [0.05, 0.1) is 10.6 Å². The number of nitrogens with one attached hydrogen (secondary N) is 1. The number of nitrogens with zero attached hydrogens (tertiary/aromatic N) is 1. The summed E-state index contributed by atoms with van der Waals surface area (Å²) < 4.78 is 27.1. The summed E-state index contributed by atoms with van der Waals surface area (Å²) in [5, 5.41) is 2.88. The molecule has 0 heterocycles. The van der Waals surface area contributed by atoms with E-state index in [1.807, 2.05) is 30.5 Å². The van der Waals surface area contributed by atoms with Crippen molar-refractivity contribution in [1.29, 1.82) is 0 Å². The number of hydrogen-bond acceptors (Lipinski definition) is 4. The van der Waals surface area contributed by atoms with Crippen molar-refractivity contribution in [2.45, 2.75) is 36.0 Å². The standard InChI is InChI=1S/C25H28N2O3S2/c1-4-5-6-19-7-11-21(12-8-19)26-25(28)20-9-13-22(14-10-20)27(2)32(29,30)24-17-15-23(31-3)16-18-24/h7-18H,4-6H2,1-3H3,(H,26,28). The van der Waals surface area contributed by atoms with Gasteiger partial charge < -0.3 is 5.32 Å². The quantitative estimate of drug-likeness (QED) is 0.401. The number of benzene rings is 3. The van der Waals surface area contributed by atoms with Gasteiger partial charge in [0.2, 0.25) is 0 Å². The summed E-state index contributed by atoms with van der Waals surface area (Å²) >= 11 is 1.55. The maximum Gasteiger partial charge on any atom is 0.264 e. The van der Waals surface area contributed by atoms with Crippen molar-refractivity contribution in [3.8, 4) is 0 Å². The number of aryl methyl sites for hydroxylation is 1. The van der Waals surface area contributed by atoms with Crippen LogP contribution in [-0.2, 0) is 16.4 Å². The van der Waals surface area contributed by atoms with E-state index in [0.29, 0.717) is 11.3 Å². The van der Waals surface area contributed by atoms with Crippen LogP contribution in [0.15, 0.2) is 82.6 Å². The summed E-state index contributed by atoms with van der Waals surface area (Å²) in [5.74, 6) is -0.240. The van der Waals surface area contributed by atoms with E-state index in [9.17, 15) is 13.2 Å². The van der Waals surface area contributed by atoms with Gasteiger partial charge in [-0.25, -0.2) is 8.42 Å². The van der Waals surface area contributed by atoms with E-state index in [1.54, 1.807) is 60.3 Å². The van der Waals surface area contributed by atoms with Gasteiger partial charge in [0.15, 0.2) is 0 Å². The minimum absolute atomic E-state index is 0.224. The SMILES string of the molecule is CCCCc1ccc(NC(=O)c2ccc(N(C)S(=O)(=O)c3ccc(SC)cc3)cc2)cc1. The Morgan fingerprint density at radius 3 is 2.12 bits per heavy atom. The van der Waals surface area contributed by atoms with Gasteiger partial charge in [-0.2, -0.15) is 0 Å². The highest BCUT2D eigenvalue weighted by atomic mass is 32.2. The van der Waals surface area contributed by atoms with E-state index >= 15 is 0 Å². The first-order valence-electron chi connectivity index (χ1n) is 10.5. The van der Waals surface area contributed by atoms with Crippen molar-refractivity contribution < 1.29 is 13.2 Å². The Morgan fingerprint density at radius 2 is 1.56 bits per heavy atom. The van der Waals surface area contributed by atoms with Crippen LogP contribution in [0.1, 0.15) is 35.7 Å². The number of unbranched alkanes of at least 4 members (excludes halogenated alkanes) is 1. The molecule has 0 radical (unpaired) electrons. The van der Waals surface area contributed by atoms with Crippen LogP contribution >= 0.6 is 11.8 Å². The Labute approximate surface area is 194 Å². The van der Waals surface area contributed by atoms with Crippen molar-refractivity contribution in [2.75, 3.05) is 22.9 Å². The zero-order chi connectivity index (χ0) is 23.1. The molecule has 0 atom stereocenters. The number of carbonyl (C=O) groups is 1. The molecule has 0 aliphatic heterocycles. The van der Waals surface area contributed by atoms with Crippen LogP contribution in [0.5, 0.6) is 0 Å². The molecule has 0 saturated carbocycles. The third-order valence-corrected chi connectivity index (χ3v) is 7.79. The smallest absolute Gasteiger partial charge is 0.264 e. The summed E-state index contributed by atoms with van der Waals surface area (Å²) in [6.45, 7) is 2.16. The number of thioether (sulfide) groups is 1. The highest BCUT2D eigenvalue weighted by molar-refractivity contribution is 7.98. The van der Waals surface area contributed by atoms with Gasteiger partial charge in [-0.3, -0.25) is 9.10 Å². The molecule has 1 N–H and O–H groups in total. The third-order valence-electron chi connectivity index (χ3n) is 5.24. The second-order valence-electron chi connectivity index (χ2n) is 7.45. The fraction of sp³-hybridized carbons (Fsp3) is 0.240. The summed E-state index contributed by atoms with van der Waals surface area (Å²) in [6.07, 6.45) is 5.26. The number of carbonyl (C=O) groups excluding carboxylic acids is 1. The van der Waals surface area contributed by atoms with Gasteiger partial charge in [0, 0.05) is 23.2 Å². The largest absolute Gasteiger partial charge is 0.322 e. The Kier molecular flexibility index (Phi) is 7.99. The lowest BCUT2D eigenvalue weighted by atomic mass is 10.1. The van der Waals surface area contributed by atoms with Crippen LogP contribution in [0.25, 0.3) is 0 Å². The fourth-order valence-corrected chi connectivity index (χ4v) is 4.81. The normalized spacial score (nSPS) is 11.2. The molecular formula is C25H28N2O3S2. The first-order valence-corrected chi connectivity index (χ1v) is 13.1. The van der Waals surface area contributed by atoms with Crippen LogP contribution in [0.2, 0.25) is 0 Å². The predicted molar refractivity (Wildman–Crippen MR) is 133 cm³/mol. The van der Waals surface area contributed by atoms with Crippen LogP contribution in [0, 0.1) is 0 Å². The summed E-state index contributed by atoms with van der Waals surface area (Å²) in [6, 6.07) is 21.2. The van der Waals surface area contributed by atoms with Gasteiger partial charge in [-0.1, -0.05) is 25.5 Å². The number of hydrogen-bond donors (Lipinski definition) is 1. The van der Waals surface area contributed by atoms with Crippen LogP contribution in [0.4, 0.5) is 11.4 Å². The average Bonchev–Trinajstić information content (AvgIpc) is 2.83. The molecule has 0 saturated heterocycles. The third kappa shape index (κ3) is 5.72. The van der Waals surface area contributed by atoms with Crippen LogP contribution < -0.4 is 9.62 Å². The monoisotopic (exact) mass is 468 g/mol. The van der Waals surface area contributed by atoms with Crippen molar-refractivity contribution in [3.05, 3.63) is 83.9 Å². The summed E-state index contributed by atoms with van der Waals surface area (Å²) in [5.41, 5.74) is 2.92. The first-order chi connectivity index (χ1) is 15.3. The van der Waals surface area contributed by atoms with Crippen LogP contribution in [-0.4, -0.2) is 27.6 Å². The van der Waals surface area contributed by atoms with E-state index in [1.165, 1.54) is 16.9 Å². The van der Waals surface area contributed by atoms with E-state index in [2.05, 4.69) is 12.2 Å². The Hall–Kier alpha value is -2.77. The molecule has 32 heavy (non-hydrogen) atoms. The highest BCUT2D eigenvalue weighted by Gasteiger charge is 2.21. The first kappa shape index (κ1) is 23.9. The molecular weight excluding hydrogens is 440 g/mol. The molecule has 3 aromatic rings. The Morgan fingerprint density at radius 1 is 0.938 bits per heavy atom. The van der Waals surface area contributed by atoms with Crippen molar-refractivity contribution >= 4 is 39.1 Å². The highest BCUT2D eigenvalue weighted by Crippen LogP contribution is 2.24. The summed E-state index contributed by atoms with van der Waals surface area (Å²) in [7, 11) is -2.18. The van der Waals surface area contributed by atoms with Crippen LogP contribution in [0.3, 0.4) is 0 Å². The lowest BCUT2D eigenvalue weighted by Gasteiger charge is -2.20. The second-order valence-corrected chi connectivity index (χ2v) is 10.3.